The molecule has 1 saturated carbocycles. The zero-order valence-electron chi connectivity index (χ0n) is 14.8. The SMILES string of the molecule is CO.O=Cc1cn(Cc2bc3ccc(C4CC4)cn3c2)nc1C1COC1. The molecule has 0 bridgehead atoms. The molecule has 2 fully saturated rings. The van der Waals surface area contributed by atoms with Gasteiger partial charge in [-0.3, -0.25) is 0 Å². The minimum absolute atomic E-state index is 0.264. The topological polar surface area (TPSA) is 68.8 Å². The van der Waals surface area contributed by atoms with Crippen molar-refractivity contribution in [2.24, 2.45) is 0 Å². The van der Waals surface area contributed by atoms with Crippen LogP contribution in [0, 0.1) is 0 Å². The normalized spacial score (nSPS) is 16.7. The number of fused-ring (bicyclic) bond motifs is 1. The van der Waals surface area contributed by atoms with E-state index in [0.717, 1.165) is 25.0 Å². The number of aliphatic hydroxyl groups is 1. The van der Waals surface area contributed by atoms with Gasteiger partial charge in [-0.1, -0.05) is 0 Å². The third-order valence-corrected chi connectivity index (χ3v) is 5.04. The summed E-state index contributed by atoms with van der Waals surface area (Å²) in [5.74, 6) is 1.02. The summed E-state index contributed by atoms with van der Waals surface area (Å²) in [6.45, 7) is 4.19. The minimum atomic E-state index is 0.264. The first-order valence-corrected chi connectivity index (χ1v) is 8.95. The monoisotopic (exact) mass is 351 g/mol. The first-order valence-electron chi connectivity index (χ1n) is 8.95. The van der Waals surface area contributed by atoms with E-state index in [2.05, 4.69) is 40.9 Å². The number of ether oxygens (including phenoxy) is 1. The molecule has 0 radical (unpaired) electrons. The van der Waals surface area contributed by atoms with E-state index in [1.165, 1.54) is 29.3 Å². The van der Waals surface area contributed by atoms with Crippen molar-refractivity contribution >= 4 is 18.6 Å². The van der Waals surface area contributed by atoms with Gasteiger partial charge < -0.3 is 5.11 Å². The van der Waals surface area contributed by atoms with E-state index in [-0.39, 0.29) is 5.92 Å². The number of hydrogen-bond acceptors (Lipinski definition) is 4. The Bertz CT molecular complexity index is 925. The quantitative estimate of drug-likeness (QED) is 0.714. The Kier molecular flexibility index (Phi) is 4.74. The van der Waals surface area contributed by atoms with Crippen molar-refractivity contribution in [2.75, 3.05) is 20.3 Å². The van der Waals surface area contributed by atoms with Crippen LogP contribution in [0.1, 0.15) is 51.8 Å². The van der Waals surface area contributed by atoms with Gasteiger partial charge in [0.2, 0.25) is 0 Å². The first-order chi connectivity index (χ1) is 12.8. The fourth-order valence-electron chi connectivity index (χ4n) is 3.45. The van der Waals surface area contributed by atoms with E-state index in [0.29, 0.717) is 25.3 Å². The van der Waals surface area contributed by atoms with Crippen molar-refractivity contribution in [3.05, 3.63) is 53.0 Å². The summed E-state index contributed by atoms with van der Waals surface area (Å²) in [6.07, 6.45) is 9.78. The third-order valence-electron chi connectivity index (χ3n) is 5.04. The van der Waals surface area contributed by atoms with Gasteiger partial charge >= 0.3 is 140 Å². The van der Waals surface area contributed by atoms with Gasteiger partial charge in [-0.25, -0.2) is 0 Å². The Morgan fingerprint density at radius 3 is 2.69 bits per heavy atom. The summed E-state index contributed by atoms with van der Waals surface area (Å²) in [7, 11) is 1.00. The average Bonchev–Trinajstić information content (AvgIpc) is 3.28. The molecule has 3 aromatic heterocycles. The summed E-state index contributed by atoms with van der Waals surface area (Å²) in [4.78, 5) is 11.3. The second-order valence-electron chi connectivity index (χ2n) is 6.94. The number of nitrogens with zero attached hydrogens (tertiary/aromatic N) is 3. The fraction of sp³-hybridized carbons (Fsp3) is 0.421. The van der Waals surface area contributed by atoms with Crippen LogP contribution in [0.15, 0.2) is 30.7 Å². The van der Waals surface area contributed by atoms with Gasteiger partial charge in [-0.15, -0.1) is 0 Å². The van der Waals surface area contributed by atoms with Gasteiger partial charge in [0.25, 0.3) is 0 Å². The summed E-state index contributed by atoms with van der Waals surface area (Å²) in [5.41, 5.74) is 5.38. The van der Waals surface area contributed by atoms with Crippen LogP contribution in [0.3, 0.4) is 0 Å². The van der Waals surface area contributed by atoms with Crippen molar-refractivity contribution in [3.8, 4) is 0 Å². The van der Waals surface area contributed by atoms with Crippen LogP contribution in [0.5, 0.6) is 0 Å². The molecule has 4 heterocycles. The van der Waals surface area contributed by atoms with Crippen molar-refractivity contribution in [3.63, 3.8) is 0 Å². The van der Waals surface area contributed by atoms with E-state index in [1.807, 2.05) is 10.9 Å². The Balaban J connectivity index is 0.000000814. The number of carbonyl (C=O) groups excluding carboxylic acids is 1. The first kappa shape index (κ1) is 17.2. The average molecular weight is 351 g/mol. The molecular formula is C19H22BN3O3. The Hall–Kier alpha value is -2.25. The molecular weight excluding hydrogens is 329 g/mol. The van der Waals surface area contributed by atoms with E-state index >= 15 is 0 Å². The molecule has 3 aromatic rings. The Labute approximate surface area is 152 Å². The van der Waals surface area contributed by atoms with Crippen LogP contribution >= 0.6 is 0 Å². The molecule has 0 spiro atoms. The second kappa shape index (κ2) is 7.17. The van der Waals surface area contributed by atoms with E-state index in [4.69, 9.17) is 9.84 Å². The summed E-state index contributed by atoms with van der Waals surface area (Å²) < 4.78 is 9.29. The predicted molar refractivity (Wildman–Crippen MR) is 99.1 cm³/mol. The molecule has 0 unspecified atom stereocenters. The molecule has 6 nitrogen and oxygen atoms in total. The maximum atomic E-state index is 11.3. The van der Waals surface area contributed by atoms with E-state index < -0.39 is 0 Å². The number of pyridine rings is 1. The fourth-order valence-corrected chi connectivity index (χ4v) is 3.45. The van der Waals surface area contributed by atoms with Gasteiger partial charge in [0, 0.05) is 7.11 Å². The summed E-state index contributed by atoms with van der Waals surface area (Å²) >= 11 is 0. The van der Waals surface area contributed by atoms with Crippen LogP contribution in [-0.4, -0.2) is 52.8 Å². The summed E-state index contributed by atoms with van der Waals surface area (Å²) in [6, 6.07) is 4.43. The molecule has 134 valence electrons. The molecule has 1 N–H and O–H groups in total. The van der Waals surface area contributed by atoms with Crippen LogP contribution in [0.2, 0.25) is 0 Å². The summed E-state index contributed by atoms with van der Waals surface area (Å²) in [5, 5.41) is 11.6. The zero-order chi connectivity index (χ0) is 18.1. The second-order valence-corrected chi connectivity index (χ2v) is 6.94. The van der Waals surface area contributed by atoms with Gasteiger partial charge in [0.1, 0.15) is 0 Å². The van der Waals surface area contributed by atoms with Crippen molar-refractivity contribution < 1.29 is 14.6 Å². The molecule has 0 atom stereocenters. The van der Waals surface area contributed by atoms with Gasteiger partial charge in [-0.2, -0.15) is 0 Å². The number of aromatic nitrogens is 3. The molecule has 0 aromatic carbocycles. The number of carbonyl (C=O) groups is 1. The molecule has 1 aliphatic carbocycles. The van der Waals surface area contributed by atoms with Crippen molar-refractivity contribution in [1.29, 1.82) is 0 Å². The number of aldehydes is 1. The van der Waals surface area contributed by atoms with Crippen molar-refractivity contribution in [1.82, 2.24) is 14.2 Å². The molecule has 2 aliphatic rings. The number of aliphatic hydroxyl groups excluding tert-OH is 1. The number of rotatable bonds is 5. The zero-order valence-corrected chi connectivity index (χ0v) is 14.8. The van der Waals surface area contributed by atoms with E-state index in [9.17, 15) is 4.79 Å². The Morgan fingerprint density at radius 1 is 1.23 bits per heavy atom. The van der Waals surface area contributed by atoms with E-state index in [1.54, 1.807) is 0 Å². The van der Waals surface area contributed by atoms with Crippen molar-refractivity contribution in [2.45, 2.75) is 31.2 Å². The van der Waals surface area contributed by atoms with Crippen LogP contribution in [0.4, 0.5) is 0 Å². The van der Waals surface area contributed by atoms with Gasteiger partial charge in [-0.05, 0) is 0 Å². The molecule has 1 saturated heterocycles. The van der Waals surface area contributed by atoms with Crippen LogP contribution in [-0.2, 0) is 11.3 Å². The molecule has 1 aliphatic heterocycles. The van der Waals surface area contributed by atoms with Crippen LogP contribution in [0.25, 0.3) is 5.41 Å². The van der Waals surface area contributed by atoms with Gasteiger partial charge in [0.05, 0.1) is 0 Å². The van der Waals surface area contributed by atoms with Crippen LogP contribution < -0.4 is 0 Å². The Morgan fingerprint density at radius 2 is 2.04 bits per heavy atom. The predicted octanol–water partition coefficient (Wildman–Crippen LogP) is 1.93. The maximum absolute atomic E-state index is 11.3. The standard InChI is InChI=1S/C18H18BN3O2.CH4O/c23-9-14-6-22(20-18(14)15-10-24-11-15)8-16-7-21-5-13(12-1-2-12)3-4-17(21)19-16;1-2/h3-7,9,12,15H,1-2,8,10-11H2;2H,1H3. The third kappa shape index (κ3) is 3.24. The molecule has 26 heavy (non-hydrogen) atoms. The van der Waals surface area contributed by atoms with Gasteiger partial charge in [0.15, 0.2) is 0 Å². The molecule has 7 heteroatoms. The molecule has 5 rings (SSSR count). The molecule has 0 amide bonds. The number of hydrogen-bond donors (Lipinski definition) is 1.